The van der Waals surface area contributed by atoms with Crippen LogP contribution in [0.2, 0.25) is 5.02 Å². The van der Waals surface area contributed by atoms with E-state index >= 15 is 0 Å². The van der Waals surface area contributed by atoms with Gasteiger partial charge in [0.15, 0.2) is 0 Å². The summed E-state index contributed by atoms with van der Waals surface area (Å²) in [5, 5.41) is 13.1. The van der Waals surface area contributed by atoms with E-state index in [1.807, 2.05) is 48.4 Å². The average molecular weight is 383 g/mol. The fourth-order valence-corrected chi connectivity index (χ4v) is 3.69. The molecule has 7 nitrogen and oxygen atoms in total. The van der Waals surface area contributed by atoms with Gasteiger partial charge in [-0.2, -0.15) is 20.1 Å². The normalized spacial score (nSPS) is 16.5. The summed E-state index contributed by atoms with van der Waals surface area (Å²) < 4.78 is 1.77. The van der Waals surface area contributed by atoms with Crippen LogP contribution in [0.5, 0.6) is 0 Å². The van der Waals surface area contributed by atoms with E-state index < -0.39 is 0 Å². The van der Waals surface area contributed by atoms with E-state index in [-0.39, 0.29) is 11.9 Å². The lowest BCUT2D eigenvalue weighted by molar-refractivity contribution is 0.0746. The van der Waals surface area contributed by atoms with E-state index in [0.29, 0.717) is 18.0 Å². The molecule has 138 valence electrons. The van der Waals surface area contributed by atoms with Crippen LogP contribution >= 0.6 is 11.6 Å². The maximum atomic E-state index is 13.0. The minimum Gasteiger partial charge on any atom is -0.327 e. The number of halogens is 1. The lowest BCUT2D eigenvalue weighted by Gasteiger charge is -2.24. The van der Waals surface area contributed by atoms with Gasteiger partial charge in [0.2, 0.25) is 0 Å². The molecule has 1 amide bonds. The van der Waals surface area contributed by atoms with Crippen molar-refractivity contribution in [2.24, 2.45) is 14.1 Å². The summed E-state index contributed by atoms with van der Waals surface area (Å²) in [6, 6.07) is 7.65. The highest BCUT2D eigenvalue weighted by Crippen LogP contribution is 2.36. The molecule has 0 spiro atoms. The van der Waals surface area contributed by atoms with E-state index in [9.17, 15) is 4.79 Å². The first-order valence-electron chi connectivity index (χ1n) is 8.63. The Morgan fingerprint density at radius 1 is 1.19 bits per heavy atom. The summed E-state index contributed by atoms with van der Waals surface area (Å²) >= 11 is 6.30. The van der Waals surface area contributed by atoms with Crippen LogP contribution in [0.1, 0.15) is 33.4 Å². The SMILES string of the molecule is Cn1ncc(/C=C/CN2C(=O)c3ccccc3[C@@H]2Cc2c(Cl)cnn2C)n1. The highest BCUT2D eigenvalue weighted by molar-refractivity contribution is 6.31. The molecule has 0 bridgehead atoms. The zero-order valence-corrected chi connectivity index (χ0v) is 15.8. The maximum absolute atomic E-state index is 13.0. The number of hydrogen-bond acceptors (Lipinski definition) is 4. The molecule has 1 aliphatic rings. The van der Waals surface area contributed by atoms with Crippen molar-refractivity contribution in [3.8, 4) is 0 Å². The molecule has 0 saturated heterocycles. The fourth-order valence-electron chi connectivity index (χ4n) is 3.45. The van der Waals surface area contributed by atoms with E-state index in [1.54, 1.807) is 24.1 Å². The predicted molar refractivity (Wildman–Crippen MR) is 102 cm³/mol. The van der Waals surface area contributed by atoms with Gasteiger partial charge in [-0.3, -0.25) is 9.48 Å². The molecule has 0 radical (unpaired) electrons. The molecule has 1 aliphatic heterocycles. The molecule has 0 saturated carbocycles. The van der Waals surface area contributed by atoms with Crippen LogP contribution in [0.15, 0.2) is 42.7 Å². The maximum Gasteiger partial charge on any atom is 0.255 e. The van der Waals surface area contributed by atoms with Gasteiger partial charge in [-0.1, -0.05) is 35.9 Å². The molecule has 0 N–H and O–H groups in total. The molecule has 0 unspecified atom stereocenters. The van der Waals surface area contributed by atoms with Gasteiger partial charge in [0.1, 0.15) is 5.69 Å². The lowest BCUT2D eigenvalue weighted by atomic mass is 10.0. The van der Waals surface area contributed by atoms with Crippen LogP contribution in [0.3, 0.4) is 0 Å². The topological polar surface area (TPSA) is 68.8 Å². The van der Waals surface area contributed by atoms with Crippen molar-refractivity contribution in [1.82, 2.24) is 29.7 Å². The molecule has 3 heterocycles. The van der Waals surface area contributed by atoms with Gasteiger partial charge in [0, 0.05) is 32.6 Å². The first-order chi connectivity index (χ1) is 13.0. The van der Waals surface area contributed by atoms with Crippen molar-refractivity contribution in [3.05, 3.63) is 70.3 Å². The Balaban J connectivity index is 1.62. The van der Waals surface area contributed by atoms with Crippen LogP contribution in [-0.2, 0) is 20.5 Å². The number of carbonyl (C=O) groups is 1. The molecule has 1 aromatic carbocycles. The molecule has 0 fully saturated rings. The number of aryl methyl sites for hydroxylation is 2. The Labute approximate surface area is 161 Å². The number of nitrogens with zero attached hydrogens (tertiary/aromatic N) is 6. The first kappa shape index (κ1) is 17.5. The quantitative estimate of drug-likeness (QED) is 0.680. The molecule has 2 aromatic heterocycles. The number of hydrogen-bond donors (Lipinski definition) is 0. The summed E-state index contributed by atoms with van der Waals surface area (Å²) in [5.74, 6) is 0.0256. The van der Waals surface area contributed by atoms with Crippen molar-refractivity contribution in [2.75, 3.05) is 6.54 Å². The van der Waals surface area contributed by atoms with Crippen molar-refractivity contribution in [2.45, 2.75) is 12.5 Å². The smallest absolute Gasteiger partial charge is 0.255 e. The number of fused-ring (bicyclic) bond motifs is 1. The second-order valence-electron chi connectivity index (χ2n) is 6.49. The zero-order valence-electron chi connectivity index (χ0n) is 15.1. The Morgan fingerprint density at radius 3 is 2.70 bits per heavy atom. The van der Waals surface area contributed by atoms with Gasteiger partial charge in [-0.25, -0.2) is 0 Å². The van der Waals surface area contributed by atoms with Gasteiger partial charge in [-0.15, -0.1) is 0 Å². The lowest BCUT2D eigenvalue weighted by Crippen LogP contribution is -2.30. The van der Waals surface area contributed by atoms with E-state index in [0.717, 1.165) is 22.5 Å². The molecule has 27 heavy (non-hydrogen) atoms. The third-order valence-electron chi connectivity index (χ3n) is 4.79. The van der Waals surface area contributed by atoms with E-state index in [2.05, 4.69) is 15.3 Å². The second kappa shape index (κ2) is 7.00. The largest absolute Gasteiger partial charge is 0.327 e. The second-order valence-corrected chi connectivity index (χ2v) is 6.90. The molecule has 0 aliphatic carbocycles. The third-order valence-corrected chi connectivity index (χ3v) is 5.11. The van der Waals surface area contributed by atoms with Crippen molar-refractivity contribution < 1.29 is 4.79 Å². The van der Waals surface area contributed by atoms with E-state index in [1.165, 1.54) is 4.80 Å². The standard InChI is InChI=1S/C19H19ClN6O/c1-24-18(16(20)12-21-24)10-17-14-7-3-4-8-15(14)19(27)26(17)9-5-6-13-11-22-25(2)23-13/h3-8,11-12,17H,9-10H2,1-2H3/b6-5+/t17-/m0/s1. The Morgan fingerprint density at radius 2 is 2.00 bits per heavy atom. The number of rotatable bonds is 5. The molecule has 3 aromatic rings. The molecule has 8 heteroatoms. The first-order valence-corrected chi connectivity index (χ1v) is 9.01. The van der Waals surface area contributed by atoms with Crippen LogP contribution in [-0.4, -0.2) is 42.1 Å². The minimum atomic E-state index is -0.0897. The summed E-state index contributed by atoms with van der Waals surface area (Å²) in [6.07, 6.45) is 7.74. The van der Waals surface area contributed by atoms with Gasteiger partial charge in [-0.05, 0) is 17.7 Å². The van der Waals surface area contributed by atoms with Gasteiger partial charge >= 0.3 is 0 Å². The summed E-state index contributed by atoms with van der Waals surface area (Å²) in [5.41, 5.74) is 3.43. The summed E-state index contributed by atoms with van der Waals surface area (Å²) in [4.78, 5) is 16.3. The Bertz CT molecular complexity index is 1000. The van der Waals surface area contributed by atoms with Gasteiger partial charge in [0.25, 0.3) is 5.91 Å². The Kier molecular flexibility index (Phi) is 4.53. The summed E-state index contributed by atoms with van der Waals surface area (Å²) in [6.45, 7) is 0.476. The van der Waals surface area contributed by atoms with Crippen LogP contribution in [0, 0.1) is 0 Å². The molecular weight excluding hydrogens is 364 g/mol. The molecule has 4 rings (SSSR count). The zero-order chi connectivity index (χ0) is 19.0. The monoisotopic (exact) mass is 382 g/mol. The Hall–Kier alpha value is -2.93. The average Bonchev–Trinajstić information content (AvgIpc) is 3.30. The highest BCUT2D eigenvalue weighted by Gasteiger charge is 2.36. The van der Waals surface area contributed by atoms with Crippen LogP contribution in [0.4, 0.5) is 0 Å². The molecule has 1 atom stereocenters. The molecular formula is C19H19ClN6O. The number of carbonyl (C=O) groups excluding carboxylic acids is 1. The van der Waals surface area contributed by atoms with E-state index in [4.69, 9.17) is 11.6 Å². The van der Waals surface area contributed by atoms with Gasteiger partial charge < -0.3 is 4.90 Å². The van der Waals surface area contributed by atoms with Crippen LogP contribution < -0.4 is 0 Å². The van der Waals surface area contributed by atoms with Gasteiger partial charge in [0.05, 0.1) is 29.2 Å². The predicted octanol–water partition coefficient (Wildman–Crippen LogP) is 2.66. The highest BCUT2D eigenvalue weighted by atomic mass is 35.5. The third kappa shape index (κ3) is 3.26. The van der Waals surface area contributed by atoms with Crippen molar-refractivity contribution in [1.29, 1.82) is 0 Å². The minimum absolute atomic E-state index is 0.0256. The van der Waals surface area contributed by atoms with Crippen molar-refractivity contribution >= 4 is 23.6 Å². The van der Waals surface area contributed by atoms with Crippen molar-refractivity contribution in [3.63, 3.8) is 0 Å². The number of aromatic nitrogens is 5. The number of benzene rings is 1. The van der Waals surface area contributed by atoms with Crippen LogP contribution in [0.25, 0.3) is 6.08 Å². The summed E-state index contributed by atoms with van der Waals surface area (Å²) in [7, 11) is 3.63. The number of amides is 1. The fraction of sp³-hybridized carbons (Fsp3) is 0.263.